The Hall–Kier alpha value is -1.34. The lowest BCUT2D eigenvalue weighted by Gasteiger charge is -2.38. The van der Waals surface area contributed by atoms with Crippen LogP contribution in [0.2, 0.25) is 0 Å². The first kappa shape index (κ1) is 17.7. The van der Waals surface area contributed by atoms with Crippen LogP contribution in [-0.2, 0) is 9.53 Å². The number of ether oxygens (including phenoxy) is 1. The van der Waals surface area contributed by atoms with Crippen molar-refractivity contribution in [1.82, 2.24) is 10.2 Å². The summed E-state index contributed by atoms with van der Waals surface area (Å²) in [6, 6.07) is -1.08. The fourth-order valence-electron chi connectivity index (χ4n) is 2.31. The molecule has 1 fully saturated rings. The fourth-order valence-corrected chi connectivity index (χ4v) is 2.31. The summed E-state index contributed by atoms with van der Waals surface area (Å²) in [5.74, 6) is -1.03. The Morgan fingerprint density at radius 1 is 1.38 bits per heavy atom. The van der Waals surface area contributed by atoms with E-state index in [4.69, 9.17) is 9.84 Å². The standard InChI is InChI=1S/C14H26N2O5/c1-21-10-3-7-12(13(18)19)15-14(20)16(8-4-9-17)11-5-2-6-11/h11-12,17H,2-10H2,1H3,(H,15,20)(H,18,19). The van der Waals surface area contributed by atoms with Gasteiger partial charge in [0.05, 0.1) is 0 Å². The predicted molar refractivity (Wildman–Crippen MR) is 77.1 cm³/mol. The molecule has 1 rings (SSSR count). The van der Waals surface area contributed by atoms with Crippen molar-refractivity contribution >= 4 is 12.0 Å². The number of carbonyl (C=O) groups is 2. The van der Waals surface area contributed by atoms with E-state index < -0.39 is 12.0 Å². The Kier molecular flexibility index (Phi) is 8.07. The molecule has 0 heterocycles. The van der Waals surface area contributed by atoms with E-state index in [1.807, 2.05) is 0 Å². The average molecular weight is 302 g/mol. The molecular weight excluding hydrogens is 276 g/mol. The molecule has 1 aliphatic carbocycles. The second-order valence-corrected chi connectivity index (χ2v) is 5.33. The number of methoxy groups -OCH3 is 1. The maximum Gasteiger partial charge on any atom is 0.326 e. The molecule has 7 nitrogen and oxygen atoms in total. The van der Waals surface area contributed by atoms with Crippen molar-refractivity contribution in [1.29, 1.82) is 0 Å². The number of aliphatic carboxylic acids is 1. The quantitative estimate of drug-likeness (QED) is 0.519. The van der Waals surface area contributed by atoms with Gasteiger partial charge in [0.2, 0.25) is 0 Å². The van der Waals surface area contributed by atoms with Gasteiger partial charge in [-0.05, 0) is 38.5 Å². The van der Waals surface area contributed by atoms with Crippen LogP contribution in [0.3, 0.4) is 0 Å². The molecular formula is C14H26N2O5. The minimum Gasteiger partial charge on any atom is -0.480 e. The van der Waals surface area contributed by atoms with Crippen molar-refractivity contribution in [3.63, 3.8) is 0 Å². The molecule has 122 valence electrons. The van der Waals surface area contributed by atoms with Gasteiger partial charge in [0.15, 0.2) is 0 Å². The third-order valence-corrected chi connectivity index (χ3v) is 3.77. The monoisotopic (exact) mass is 302 g/mol. The third kappa shape index (κ3) is 5.89. The molecule has 21 heavy (non-hydrogen) atoms. The summed E-state index contributed by atoms with van der Waals surface area (Å²) >= 11 is 0. The van der Waals surface area contributed by atoms with E-state index in [0.717, 1.165) is 19.3 Å². The van der Waals surface area contributed by atoms with Gasteiger partial charge in [0.25, 0.3) is 0 Å². The average Bonchev–Trinajstić information content (AvgIpc) is 2.39. The minimum atomic E-state index is -1.03. The number of hydrogen-bond acceptors (Lipinski definition) is 4. The summed E-state index contributed by atoms with van der Waals surface area (Å²) in [5, 5.41) is 20.7. The number of carboxylic acids is 1. The van der Waals surface area contributed by atoms with Crippen molar-refractivity contribution in [3.05, 3.63) is 0 Å². The smallest absolute Gasteiger partial charge is 0.326 e. The molecule has 2 amide bonds. The summed E-state index contributed by atoms with van der Waals surface area (Å²) in [7, 11) is 1.56. The Morgan fingerprint density at radius 2 is 2.10 bits per heavy atom. The summed E-state index contributed by atoms with van der Waals surface area (Å²) in [6.45, 7) is 0.945. The molecule has 0 radical (unpaired) electrons. The molecule has 3 N–H and O–H groups in total. The van der Waals surface area contributed by atoms with Crippen LogP contribution in [0.25, 0.3) is 0 Å². The Morgan fingerprint density at radius 3 is 2.57 bits per heavy atom. The van der Waals surface area contributed by atoms with Gasteiger partial charge >= 0.3 is 12.0 Å². The summed E-state index contributed by atoms with van der Waals surface area (Å²) in [4.78, 5) is 25.1. The van der Waals surface area contributed by atoms with Gasteiger partial charge in [-0.25, -0.2) is 9.59 Å². The number of hydrogen-bond donors (Lipinski definition) is 3. The highest BCUT2D eigenvalue weighted by molar-refractivity contribution is 5.82. The van der Waals surface area contributed by atoms with Crippen molar-refractivity contribution < 1.29 is 24.5 Å². The van der Waals surface area contributed by atoms with Crippen LogP contribution < -0.4 is 5.32 Å². The Balaban J connectivity index is 2.52. The van der Waals surface area contributed by atoms with Crippen LogP contribution >= 0.6 is 0 Å². The molecule has 0 bridgehead atoms. The molecule has 0 saturated heterocycles. The van der Waals surface area contributed by atoms with E-state index >= 15 is 0 Å². The second-order valence-electron chi connectivity index (χ2n) is 5.33. The van der Waals surface area contributed by atoms with Crippen molar-refractivity contribution in [3.8, 4) is 0 Å². The molecule has 0 aromatic heterocycles. The number of urea groups is 1. The molecule has 7 heteroatoms. The lowest BCUT2D eigenvalue weighted by atomic mass is 9.91. The van der Waals surface area contributed by atoms with Crippen molar-refractivity contribution in [2.75, 3.05) is 26.9 Å². The van der Waals surface area contributed by atoms with Crippen LogP contribution in [-0.4, -0.2) is 66.1 Å². The number of nitrogens with zero attached hydrogens (tertiary/aromatic N) is 1. The highest BCUT2D eigenvalue weighted by Crippen LogP contribution is 2.25. The lowest BCUT2D eigenvalue weighted by molar-refractivity contribution is -0.139. The van der Waals surface area contributed by atoms with Gasteiger partial charge < -0.3 is 25.2 Å². The number of carboxylic acid groups (broad SMARTS) is 1. The van der Waals surface area contributed by atoms with Gasteiger partial charge in [-0.15, -0.1) is 0 Å². The number of aliphatic hydroxyl groups excluding tert-OH is 1. The number of amides is 2. The highest BCUT2D eigenvalue weighted by atomic mass is 16.5. The maximum atomic E-state index is 12.3. The van der Waals surface area contributed by atoms with E-state index in [-0.39, 0.29) is 18.7 Å². The van der Waals surface area contributed by atoms with Gasteiger partial charge in [-0.2, -0.15) is 0 Å². The predicted octanol–water partition coefficient (Wildman–Crippen LogP) is 0.813. The van der Waals surface area contributed by atoms with E-state index in [0.29, 0.717) is 32.4 Å². The number of aliphatic hydroxyl groups is 1. The summed E-state index contributed by atoms with van der Waals surface area (Å²) in [6.07, 6.45) is 4.40. The molecule has 0 aromatic rings. The normalized spacial score (nSPS) is 16.1. The number of carbonyl (C=O) groups excluding carboxylic acids is 1. The number of rotatable bonds is 10. The molecule has 1 saturated carbocycles. The first-order valence-corrected chi connectivity index (χ1v) is 7.50. The zero-order chi connectivity index (χ0) is 15.7. The van der Waals surface area contributed by atoms with Crippen LogP contribution in [0.15, 0.2) is 0 Å². The molecule has 1 unspecified atom stereocenters. The first-order valence-electron chi connectivity index (χ1n) is 7.50. The van der Waals surface area contributed by atoms with Gasteiger partial charge in [-0.3, -0.25) is 0 Å². The molecule has 0 aromatic carbocycles. The third-order valence-electron chi connectivity index (χ3n) is 3.77. The maximum absolute atomic E-state index is 12.3. The van der Waals surface area contributed by atoms with Crippen LogP contribution in [0.4, 0.5) is 4.79 Å². The highest BCUT2D eigenvalue weighted by Gasteiger charge is 2.30. The van der Waals surface area contributed by atoms with Crippen LogP contribution in [0.1, 0.15) is 38.5 Å². The number of nitrogens with one attached hydrogen (secondary N) is 1. The topological polar surface area (TPSA) is 99.1 Å². The first-order chi connectivity index (χ1) is 10.1. The van der Waals surface area contributed by atoms with Crippen molar-refractivity contribution in [2.45, 2.75) is 50.6 Å². The van der Waals surface area contributed by atoms with Gasteiger partial charge in [0, 0.05) is 32.9 Å². The second kappa shape index (κ2) is 9.57. The SMILES string of the molecule is COCCCC(NC(=O)N(CCCO)C1CCC1)C(=O)O. The molecule has 1 aliphatic rings. The summed E-state index contributed by atoms with van der Waals surface area (Å²) < 4.78 is 4.90. The zero-order valence-corrected chi connectivity index (χ0v) is 12.6. The Labute approximate surface area is 125 Å². The van der Waals surface area contributed by atoms with E-state index in [9.17, 15) is 14.7 Å². The van der Waals surface area contributed by atoms with Gasteiger partial charge in [-0.1, -0.05) is 0 Å². The van der Waals surface area contributed by atoms with Crippen LogP contribution in [0, 0.1) is 0 Å². The Bertz CT molecular complexity index is 333. The van der Waals surface area contributed by atoms with Crippen molar-refractivity contribution in [2.24, 2.45) is 0 Å². The largest absolute Gasteiger partial charge is 0.480 e. The van der Waals surface area contributed by atoms with Crippen LogP contribution in [0.5, 0.6) is 0 Å². The summed E-state index contributed by atoms with van der Waals surface area (Å²) in [5.41, 5.74) is 0. The molecule has 1 atom stereocenters. The lowest BCUT2D eigenvalue weighted by Crippen LogP contribution is -2.53. The fraction of sp³-hybridized carbons (Fsp3) is 0.857. The minimum absolute atomic E-state index is 0.0205. The molecule has 0 spiro atoms. The van der Waals surface area contributed by atoms with Gasteiger partial charge in [0.1, 0.15) is 6.04 Å². The zero-order valence-electron chi connectivity index (χ0n) is 12.6. The molecule has 0 aliphatic heterocycles. The van der Waals surface area contributed by atoms with E-state index in [1.165, 1.54) is 0 Å². The van der Waals surface area contributed by atoms with E-state index in [1.54, 1.807) is 12.0 Å². The van der Waals surface area contributed by atoms with E-state index in [2.05, 4.69) is 5.32 Å².